The van der Waals surface area contributed by atoms with Crippen LogP contribution in [-0.4, -0.2) is 40.0 Å². The van der Waals surface area contributed by atoms with Gasteiger partial charge in [-0.15, -0.1) is 0 Å². The number of rotatable bonds is 3. The lowest BCUT2D eigenvalue weighted by atomic mass is 10.0. The predicted molar refractivity (Wildman–Crippen MR) is 94.2 cm³/mol. The molecule has 1 aromatic carbocycles. The van der Waals surface area contributed by atoms with Crippen molar-refractivity contribution in [2.45, 2.75) is 13.0 Å². The van der Waals surface area contributed by atoms with E-state index in [2.05, 4.69) is 15.5 Å². The van der Waals surface area contributed by atoms with Gasteiger partial charge in [0, 0.05) is 19.2 Å². The second-order valence-corrected chi connectivity index (χ2v) is 6.32. The molecule has 1 aliphatic rings. The summed E-state index contributed by atoms with van der Waals surface area (Å²) in [7, 11) is 0. The Hall–Kier alpha value is -3.42. The molecule has 0 bridgehead atoms. The summed E-state index contributed by atoms with van der Waals surface area (Å²) >= 11 is 0. The maximum Gasteiger partial charge on any atom is 0.275 e. The van der Waals surface area contributed by atoms with E-state index in [0.29, 0.717) is 30.1 Å². The highest BCUT2D eigenvalue weighted by Crippen LogP contribution is 2.27. The number of nitrogens with one attached hydrogen (secondary N) is 2. The fourth-order valence-corrected chi connectivity index (χ4v) is 3.18. The van der Waals surface area contributed by atoms with Crippen LogP contribution in [0.25, 0.3) is 11.5 Å². The summed E-state index contributed by atoms with van der Waals surface area (Å²) in [6.45, 7) is 2.45. The summed E-state index contributed by atoms with van der Waals surface area (Å²) in [5, 5.41) is 9.57. The van der Waals surface area contributed by atoms with Crippen LogP contribution in [0.4, 0.5) is 4.39 Å². The fourth-order valence-electron chi connectivity index (χ4n) is 3.18. The lowest BCUT2D eigenvalue weighted by Crippen LogP contribution is -2.52. The number of benzene rings is 1. The number of aromatic nitrogens is 2. The van der Waals surface area contributed by atoms with Gasteiger partial charge >= 0.3 is 0 Å². The maximum absolute atomic E-state index is 13.6. The smallest absolute Gasteiger partial charge is 0.275 e. The molecule has 7 nitrogen and oxygen atoms in total. The first-order chi connectivity index (χ1) is 13.0. The van der Waals surface area contributed by atoms with Gasteiger partial charge in [0.25, 0.3) is 5.91 Å². The molecule has 3 aromatic rings. The van der Waals surface area contributed by atoms with Crippen LogP contribution >= 0.6 is 0 Å². The molecule has 0 spiro atoms. The summed E-state index contributed by atoms with van der Waals surface area (Å²) in [4.78, 5) is 26.8. The zero-order valence-electron chi connectivity index (χ0n) is 14.5. The molecule has 1 atom stereocenters. The Balaban J connectivity index is 1.65. The third-order valence-electron chi connectivity index (χ3n) is 4.44. The lowest BCUT2D eigenvalue weighted by Gasteiger charge is -2.34. The van der Waals surface area contributed by atoms with Crippen molar-refractivity contribution >= 4 is 11.8 Å². The monoisotopic (exact) mass is 368 g/mol. The molecule has 1 saturated heterocycles. The Morgan fingerprint density at radius 3 is 2.89 bits per heavy atom. The van der Waals surface area contributed by atoms with E-state index in [4.69, 9.17) is 4.42 Å². The van der Waals surface area contributed by atoms with Gasteiger partial charge in [-0.25, -0.2) is 4.39 Å². The highest BCUT2D eigenvalue weighted by Gasteiger charge is 2.36. The van der Waals surface area contributed by atoms with E-state index >= 15 is 0 Å². The number of carbonyl (C=O) groups is 2. The Morgan fingerprint density at radius 2 is 2.15 bits per heavy atom. The summed E-state index contributed by atoms with van der Waals surface area (Å²) in [6.07, 6.45) is 0. The minimum absolute atomic E-state index is 0.162. The maximum atomic E-state index is 13.6. The van der Waals surface area contributed by atoms with Crippen molar-refractivity contribution in [2.24, 2.45) is 0 Å². The van der Waals surface area contributed by atoms with Crippen molar-refractivity contribution in [1.82, 2.24) is 20.4 Å². The Morgan fingerprint density at radius 1 is 1.30 bits per heavy atom. The fraction of sp³-hybridized carbons (Fsp3) is 0.211. The predicted octanol–water partition coefficient (Wildman–Crippen LogP) is 2.43. The normalized spacial score (nSPS) is 17.0. The third-order valence-corrected chi connectivity index (χ3v) is 4.44. The molecule has 2 N–H and O–H groups in total. The van der Waals surface area contributed by atoms with Crippen molar-refractivity contribution in [3.63, 3.8) is 0 Å². The minimum Gasteiger partial charge on any atom is -0.460 e. The first kappa shape index (κ1) is 17.0. The summed E-state index contributed by atoms with van der Waals surface area (Å²) < 4.78 is 19.2. The van der Waals surface area contributed by atoms with Gasteiger partial charge in [-0.05, 0) is 36.8 Å². The topological polar surface area (TPSA) is 91.2 Å². The number of amides is 2. The molecular formula is C19H17FN4O3. The molecule has 138 valence electrons. The molecule has 0 unspecified atom stereocenters. The van der Waals surface area contributed by atoms with E-state index in [1.807, 2.05) is 13.0 Å². The van der Waals surface area contributed by atoms with Crippen LogP contribution in [0.3, 0.4) is 0 Å². The molecule has 1 aliphatic heterocycles. The number of hydrogen-bond acceptors (Lipinski definition) is 4. The zero-order valence-corrected chi connectivity index (χ0v) is 14.5. The molecule has 0 radical (unpaired) electrons. The number of aromatic amines is 1. The van der Waals surface area contributed by atoms with E-state index < -0.39 is 17.8 Å². The van der Waals surface area contributed by atoms with Gasteiger partial charge in [0.2, 0.25) is 5.91 Å². The minimum atomic E-state index is -0.909. The molecule has 2 aromatic heterocycles. The second kappa shape index (κ2) is 6.71. The van der Waals surface area contributed by atoms with Gasteiger partial charge in [-0.2, -0.15) is 5.10 Å². The van der Waals surface area contributed by atoms with Gasteiger partial charge < -0.3 is 14.6 Å². The first-order valence-electron chi connectivity index (χ1n) is 8.49. The van der Waals surface area contributed by atoms with Gasteiger partial charge in [-0.1, -0.05) is 12.1 Å². The van der Waals surface area contributed by atoms with Crippen molar-refractivity contribution < 1.29 is 18.4 Å². The highest BCUT2D eigenvalue weighted by atomic mass is 19.1. The number of aryl methyl sites for hydroxylation is 1. The second-order valence-electron chi connectivity index (χ2n) is 6.32. The van der Waals surface area contributed by atoms with Crippen LogP contribution in [0.5, 0.6) is 0 Å². The van der Waals surface area contributed by atoms with Crippen LogP contribution in [0.2, 0.25) is 0 Å². The molecule has 3 heterocycles. The standard InChI is InChI=1S/C19H17FN4O3/c1-11-5-6-16(27-11)14-10-15(23-22-14)19(26)24-8-7-21-18(25)17(24)12-3-2-4-13(20)9-12/h2-6,9-10,17H,7-8H2,1H3,(H,21,25)(H,22,23)/t17-/m0/s1. The zero-order chi connectivity index (χ0) is 19.0. The van der Waals surface area contributed by atoms with Crippen LogP contribution in [0.1, 0.15) is 27.9 Å². The molecule has 0 aliphatic carbocycles. The van der Waals surface area contributed by atoms with E-state index in [-0.39, 0.29) is 11.6 Å². The van der Waals surface area contributed by atoms with E-state index in [1.165, 1.54) is 23.1 Å². The summed E-state index contributed by atoms with van der Waals surface area (Å²) in [6, 6.07) is 9.96. The average molecular weight is 368 g/mol. The molecule has 1 fully saturated rings. The molecule has 0 saturated carbocycles. The average Bonchev–Trinajstić information content (AvgIpc) is 3.30. The lowest BCUT2D eigenvalue weighted by molar-refractivity contribution is -0.128. The molecule has 4 rings (SSSR count). The molecular weight excluding hydrogens is 351 g/mol. The van der Waals surface area contributed by atoms with Crippen LogP contribution in [0, 0.1) is 12.7 Å². The SMILES string of the molecule is Cc1ccc(-c2cc(C(=O)N3CCNC(=O)[C@@H]3c3cccc(F)c3)n[nH]2)o1. The number of halogens is 1. The molecule has 27 heavy (non-hydrogen) atoms. The molecule has 2 amide bonds. The Kier molecular flexibility index (Phi) is 4.23. The largest absolute Gasteiger partial charge is 0.460 e. The van der Waals surface area contributed by atoms with E-state index in [0.717, 1.165) is 5.76 Å². The van der Waals surface area contributed by atoms with Crippen molar-refractivity contribution in [2.75, 3.05) is 13.1 Å². The number of H-pyrrole nitrogens is 1. The van der Waals surface area contributed by atoms with Crippen molar-refractivity contribution in [3.05, 3.63) is 65.3 Å². The van der Waals surface area contributed by atoms with Gasteiger partial charge in [0.1, 0.15) is 23.3 Å². The van der Waals surface area contributed by atoms with Gasteiger partial charge in [-0.3, -0.25) is 14.7 Å². The van der Waals surface area contributed by atoms with Crippen molar-refractivity contribution in [3.8, 4) is 11.5 Å². The summed E-state index contributed by atoms with van der Waals surface area (Å²) in [5.41, 5.74) is 1.14. The van der Waals surface area contributed by atoms with Crippen LogP contribution < -0.4 is 5.32 Å². The highest BCUT2D eigenvalue weighted by molar-refractivity contribution is 5.97. The quantitative estimate of drug-likeness (QED) is 0.743. The van der Waals surface area contributed by atoms with Crippen molar-refractivity contribution in [1.29, 1.82) is 0 Å². The Bertz CT molecular complexity index is 1010. The van der Waals surface area contributed by atoms with E-state index in [9.17, 15) is 14.0 Å². The van der Waals surface area contributed by atoms with Gasteiger partial charge in [0.15, 0.2) is 11.5 Å². The number of hydrogen-bond donors (Lipinski definition) is 2. The summed E-state index contributed by atoms with van der Waals surface area (Å²) in [5.74, 6) is 0.0829. The number of piperazine rings is 1. The number of nitrogens with zero attached hydrogens (tertiary/aromatic N) is 2. The molecule has 8 heteroatoms. The number of furan rings is 1. The third kappa shape index (κ3) is 3.21. The Labute approximate surface area is 154 Å². The van der Waals surface area contributed by atoms with E-state index in [1.54, 1.807) is 18.2 Å². The van der Waals surface area contributed by atoms with Crippen LogP contribution in [0.15, 0.2) is 46.9 Å². The van der Waals surface area contributed by atoms with Crippen LogP contribution in [-0.2, 0) is 4.79 Å². The number of carbonyl (C=O) groups excluding carboxylic acids is 2. The van der Waals surface area contributed by atoms with Gasteiger partial charge in [0.05, 0.1) is 0 Å². The first-order valence-corrected chi connectivity index (χ1v) is 8.49.